The van der Waals surface area contributed by atoms with Crippen LogP contribution in [0.25, 0.3) is 0 Å². The van der Waals surface area contributed by atoms with E-state index >= 15 is 0 Å². The van der Waals surface area contributed by atoms with E-state index in [2.05, 4.69) is 24.5 Å². The first-order valence-corrected chi connectivity index (χ1v) is 8.99. The van der Waals surface area contributed by atoms with Crippen molar-refractivity contribution in [2.75, 3.05) is 13.1 Å². The molecular weight excluding hydrogens is 276 g/mol. The Balaban J connectivity index is 1.99. The van der Waals surface area contributed by atoms with Crippen LogP contribution in [0.2, 0.25) is 0 Å². The molecule has 1 saturated carbocycles. The van der Waals surface area contributed by atoms with E-state index in [0.717, 1.165) is 58.0 Å². The molecule has 1 amide bonds. The van der Waals surface area contributed by atoms with Crippen LogP contribution < -0.4 is 10.6 Å². The third kappa shape index (κ3) is 8.52. The van der Waals surface area contributed by atoms with Gasteiger partial charge in [0.05, 0.1) is 0 Å². The second kappa shape index (κ2) is 10.8. The van der Waals surface area contributed by atoms with E-state index < -0.39 is 0 Å². The van der Waals surface area contributed by atoms with Gasteiger partial charge in [-0.15, -0.1) is 0 Å². The molecule has 0 spiro atoms. The topological polar surface area (TPSA) is 58.2 Å². The van der Waals surface area contributed by atoms with Crippen LogP contribution in [0, 0.1) is 11.8 Å². The molecule has 0 radical (unpaired) electrons. The molecule has 0 bridgehead atoms. The molecule has 1 rings (SSSR count). The number of amides is 1. The van der Waals surface area contributed by atoms with E-state index in [1.165, 1.54) is 0 Å². The smallest absolute Gasteiger partial charge is 0.220 e. The van der Waals surface area contributed by atoms with Crippen LogP contribution >= 0.6 is 0 Å². The number of Topliss-reactive ketones (excluding diaryl/α,β-unsaturated/α-hetero) is 1. The molecule has 0 aromatic heterocycles. The highest BCUT2D eigenvalue weighted by atomic mass is 16.1. The first kappa shape index (κ1) is 19.1. The first-order valence-electron chi connectivity index (χ1n) is 8.99. The fourth-order valence-corrected chi connectivity index (χ4v) is 3.10. The van der Waals surface area contributed by atoms with Crippen molar-refractivity contribution < 1.29 is 9.59 Å². The molecule has 4 nitrogen and oxygen atoms in total. The van der Waals surface area contributed by atoms with Crippen molar-refractivity contribution >= 4 is 11.7 Å². The zero-order chi connectivity index (χ0) is 16.4. The van der Waals surface area contributed by atoms with Crippen LogP contribution in [0.1, 0.15) is 72.1 Å². The van der Waals surface area contributed by atoms with Crippen molar-refractivity contribution in [1.82, 2.24) is 10.6 Å². The molecule has 0 aliphatic heterocycles. The maximum atomic E-state index is 11.8. The quantitative estimate of drug-likeness (QED) is 0.610. The predicted molar refractivity (Wildman–Crippen MR) is 90.7 cm³/mol. The molecule has 1 fully saturated rings. The lowest BCUT2D eigenvalue weighted by Gasteiger charge is -2.27. The average molecular weight is 310 g/mol. The van der Waals surface area contributed by atoms with E-state index in [-0.39, 0.29) is 11.8 Å². The molecular formula is C18H34N2O2. The average Bonchev–Trinajstić information content (AvgIpc) is 2.48. The Kier molecular flexibility index (Phi) is 9.37. The molecule has 1 aliphatic rings. The van der Waals surface area contributed by atoms with Gasteiger partial charge in [-0.25, -0.2) is 0 Å². The van der Waals surface area contributed by atoms with Gasteiger partial charge in [-0.1, -0.05) is 20.3 Å². The van der Waals surface area contributed by atoms with Crippen molar-refractivity contribution in [3.8, 4) is 0 Å². The second-order valence-corrected chi connectivity index (χ2v) is 7.05. The van der Waals surface area contributed by atoms with Gasteiger partial charge in [0.25, 0.3) is 0 Å². The summed E-state index contributed by atoms with van der Waals surface area (Å²) >= 11 is 0. The molecule has 1 aliphatic carbocycles. The lowest BCUT2D eigenvalue weighted by atomic mass is 9.80. The van der Waals surface area contributed by atoms with Crippen LogP contribution in [0.15, 0.2) is 0 Å². The normalized spacial score (nSPS) is 21.8. The van der Waals surface area contributed by atoms with Gasteiger partial charge in [0.2, 0.25) is 5.91 Å². The van der Waals surface area contributed by atoms with Gasteiger partial charge < -0.3 is 10.6 Å². The van der Waals surface area contributed by atoms with Gasteiger partial charge in [-0.2, -0.15) is 0 Å². The number of unbranched alkanes of at least 4 members (excludes halogenated alkanes) is 2. The number of carbonyl (C=O) groups excluding carboxylic acids is 2. The predicted octanol–water partition coefficient (Wildman–Crippen LogP) is 3.06. The van der Waals surface area contributed by atoms with Crippen molar-refractivity contribution in [3.63, 3.8) is 0 Å². The number of hydrogen-bond acceptors (Lipinski definition) is 3. The zero-order valence-corrected chi connectivity index (χ0v) is 14.6. The molecule has 128 valence electrons. The first-order chi connectivity index (χ1) is 10.5. The SMILES string of the molecule is CC(=O)C1CCC(CNC(=O)CCCCCNC(C)C)CC1. The third-order valence-electron chi connectivity index (χ3n) is 4.64. The lowest BCUT2D eigenvalue weighted by molar-refractivity contribution is -0.123. The van der Waals surface area contributed by atoms with Crippen molar-refractivity contribution in [1.29, 1.82) is 0 Å². The third-order valence-corrected chi connectivity index (χ3v) is 4.64. The van der Waals surface area contributed by atoms with Crippen LogP contribution in [0.5, 0.6) is 0 Å². The van der Waals surface area contributed by atoms with Gasteiger partial charge >= 0.3 is 0 Å². The van der Waals surface area contributed by atoms with E-state index in [0.29, 0.717) is 24.2 Å². The van der Waals surface area contributed by atoms with Crippen molar-refractivity contribution in [2.24, 2.45) is 11.8 Å². The number of ketones is 1. The van der Waals surface area contributed by atoms with Crippen LogP contribution in [0.3, 0.4) is 0 Å². The summed E-state index contributed by atoms with van der Waals surface area (Å²) in [5.41, 5.74) is 0. The number of nitrogens with one attached hydrogen (secondary N) is 2. The van der Waals surface area contributed by atoms with E-state index in [9.17, 15) is 9.59 Å². The molecule has 0 aromatic carbocycles. The molecule has 0 saturated heterocycles. The maximum absolute atomic E-state index is 11.8. The van der Waals surface area contributed by atoms with Crippen LogP contribution in [-0.4, -0.2) is 30.8 Å². The zero-order valence-electron chi connectivity index (χ0n) is 14.6. The summed E-state index contributed by atoms with van der Waals surface area (Å²) < 4.78 is 0. The summed E-state index contributed by atoms with van der Waals surface area (Å²) in [5, 5.41) is 6.45. The standard InChI is InChI=1S/C18H34N2O2/c1-14(2)19-12-6-4-5-7-18(22)20-13-16-8-10-17(11-9-16)15(3)21/h14,16-17,19H,4-13H2,1-3H3,(H,20,22). The summed E-state index contributed by atoms with van der Waals surface area (Å²) in [4.78, 5) is 23.1. The fraction of sp³-hybridized carbons (Fsp3) is 0.889. The Morgan fingerprint density at radius 1 is 1.05 bits per heavy atom. The largest absolute Gasteiger partial charge is 0.356 e. The minimum atomic E-state index is 0.186. The van der Waals surface area contributed by atoms with Crippen molar-refractivity contribution in [3.05, 3.63) is 0 Å². The lowest BCUT2D eigenvalue weighted by Crippen LogP contribution is -2.32. The molecule has 0 atom stereocenters. The highest BCUT2D eigenvalue weighted by Crippen LogP contribution is 2.28. The van der Waals surface area contributed by atoms with Crippen LogP contribution in [0.4, 0.5) is 0 Å². The van der Waals surface area contributed by atoms with E-state index in [1.54, 1.807) is 6.92 Å². The van der Waals surface area contributed by atoms with Gasteiger partial charge in [0, 0.05) is 24.9 Å². The minimum Gasteiger partial charge on any atom is -0.356 e. The molecule has 2 N–H and O–H groups in total. The summed E-state index contributed by atoms with van der Waals surface area (Å²) in [6.07, 6.45) is 8.01. The number of rotatable bonds is 10. The summed E-state index contributed by atoms with van der Waals surface area (Å²) in [5.74, 6) is 1.35. The molecule has 0 unspecified atom stereocenters. The molecule has 22 heavy (non-hydrogen) atoms. The molecule has 0 heterocycles. The number of hydrogen-bond donors (Lipinski definition) is 2. The van der Waals surface area contributed by atoms with Gasteiger partial charge in [-0.05, 0) is 57.9 Å². The van der Waals surface area contributed by atoms with Crippen molar-refractivity contribution in [2.45, 2.75) is 78.2 Å². The Morgan fingerprint density at radius 3 is 2.32 bits per heavy atom. The Labute approximate surface area is 135 Å². The van der Waals surface area contributed by atoms with Gasteiger partial charge in [0.15, 0.2) is 0 Å². The molecule has 4 heteroatoms. The minimum absolute atomic E-state index is 0.186. The number of carbonyl (C=O) groups is 2. The van der Waals surface area contributed by atoms with Gasteiger partial charge in [-0.3, -0.25) is 9.59 Å². The summed E-state index contributed by atoms with van der Waals surface area (Å²) in [6.45, 7) is 7.83. The monoisotopic (exact) mass is 310 g/mol. The summed E-state index contributed by atoms with van der Waals surface area (Å²) in [7, 11) is 0. The maximum Gasteiger partial charge on any atom is 0.220 e. The highest BCUT2D eigenvalue weighted by molar-refractivity contribution is 5.78. The molecule has 0 aromatic rings. The second-order valence-electron chi connectivity index (χ2n) is 7.05. The highest BCUT2D eigenvalue weighted by Gasteiger charge is 2.23. The summed E-state index contributed by atoms with van der Waals surface area (Å²) in [6, 6.07) is 0.543. The van der Waals surface area contributed by atoms with Crippen LogP contribution in [-0.2, 0) is 9.59 Å². The van der Waals surface area contributed by atoms with E-state index in [1.807, 2.05) is 0 Å². The fourth-order valence-electron chi connectivity index (χ4n) is 3.10. The van der Waals surface area contributed by atoms with Gasteiger partial charge in [0.1, 0.15) is 5.78 Å². The Morgan fingerprint density at radius 2 is 1.73 bits per heavy atom. The Hall–Kier alpha value is -0.900. The van der Waals surface area contributed by atoms with E-state index in [4.69, 9.17) is 0 Å². The Bertz CT molecular complexity index is 334.